The van der Waals surface area contributed by atoms with Crippen molar-refractivity contribution in [3.8, 4) is 11.5 Å². The van der Waals surface area contributed by atoms with Crippen molar-refractivity contribution in [1.82, 2.24) is 9.80 Å². The first-order chi connectivity index (χ1) is 19.8. The van der Waals surface area contributed by atoms with Crippen LogP contribution in [-0.2, 0) is 26.2 Å². The number of nitrogens with zero attached hydrogens (tertiary/aromatic N) is 2. The molecule has 0 aromatic heterocycles. The van der Waals surface area contributed by atoms with Gasteiger partial charge in [-0.2, -0.15) is 0 Å². The van der Waals surface area contributed by atoms with Gasteiger partial charge >= 0.3 is 5.97 Å². The summed E-state index contributed by atoms with van der Waals surface area (Å²) in [6, 6.07) is 3.31. The third-order valence-corrected chi connectivity index (χ3v) is 11.5. The van der Waals surface area contributed by atoms with Gasteiger partial charge in [0.2, 0.25) is 5.91 Å². The number of carbonyl (C=O) groups is 3. The predicted octanol–water partition coefficient (Wildman–Crippen LogP) is 3.81. The minimum Gasteiger partial charge on any atom is -0.483 e. The topological polar surface area (TPSA) is 96.4 Å². The molecule has 3 aliphatic heterocycles. The SMILES string of the molecule is CC(=O)Oc1ccc2c3c1O[C@H]1[C@H](N4C(=O)C/C(=C\C5CCCCC5)C4=O)CC[C@@]4(O)[C@H](C2)N(CC2CC2)CC[C@]314. The van der Waals surface area contributed by atoms with E-state index in [0.717, 1.165) is 37.1 Å². The summed E-state index contributed by atoms with van der Waals surface area (Å²) in [5, 5.41) is 12.8. The fourth-order valence-corrected chi connectivity index (χ4v) is 9.59. The summed E-state index contributed by atoms with van der Waals surface area (Å²) in [4.78, 5) is 43.5. The van der Waals surface area contributed by atoms with E-state index < -0.39 is 29.1 Å². The Kier molecular flexibility index (Phi) is 5.79. The van der Waals surface area contributed by atoms with E-state index in [1.165, 1.54) is 43.9 Å². The summed E-state index contributed by atoms with van der Waals surface area (Å²) >= 11 is 0. The highest BCUT2D eigenvalue weighted by Crippen LogP contribution is 2.66. The zero-order valence-electron chi connectivity index (χ0n) is 23.9. The standard InChI is InChI=1S/C33H40N2O6/c1-19(36)40-25-10-9-22-16-26-33(39)12-11-24(35-27(37)17-23(31(35)38)15-20-5-3-2-4-6-20)30-32(33,28(22)29(25)41-30)13-14-34(26)18-21-7-8-21/h9-10,15,20-21,24,26,30,39H,2-8,11-14,16-18H2,1H3/b23-15+/t24-,26+,30+,32+,33-/m1/s1. The quantitative estimate of drug-likeness (QED) is 0.253. The second kappa shape index (κ2) is 9.14. The number of aliphatic hydroxyl groups is 1. The second-order valence-corrected chi connectivity index (χ2v) is 13.8. The van der Waals surface area contributed by atoms with Crippen LogP contribution in [0.1, 0.15) is 88.7 Å². The van der Waals surface area contributed by atoms with Crippen LogP contribution in [0.3, 0.4) is 0 Å². The molecule has 8 nitrogen and oxygen atoms in total. The molecule has 2 saturated heterocycles. The highest BCUT2D eigenvalue weighted by atomic mass is 16.6. The molecule has 2 amide bonds. The van der Waals surface area contributed by atoms with Crippen LogP contribution in [0.15, 0.2) is 23.8 Å². The van der Waals surface area contributed by atoms with Crippen LogP contribution in [0.4, 0.5) is 0 Å². The number of piperidine rings is 1. The largest absolute Gasteiger partial charge is 0.483 e. The lowest BCUT2D eigenvalue weighted by Gasteiger charge is -2.64. The van der Waals surface area contributed by atoms with Crippen molar-refractivity contribution in [2.45, 2.75) is 113 Å². The zero-order valence-corrected chi connectivity index (χ0v) is 23.9. The van der Waals surface area contributed by atoms with Crippen molar-refractivity contribution in [3.05, 3.63) is 34.9 Å². The van der Waals surface area contributed by atoms with Gasteiger partial charge in [-0.15, -0.1) is 0 Å². The molecular weight excluding hydrogens is 520 g/mol. The van der Waals surface area contributed by atoms with Gasteiger partial charge < -0.3 is 14.6 Å². The van der Waals surface area contributed by atoms with Gasteiger partial charge in [-0.05, 0) is 81.4 Å². The summed E-state index contributed by atoms with van der Waals surface area (Å²) in [6.45, 7) is 3.21. The number of allylic oxidation sites excluding steroid dienone is 1. The Bertz CT molecular complexity index is 1360. The summed E-state index contributed by atoms with van der Waals surface area (Å²) in [5.74, 6) is 1.15. The van der Waals surface area contributed by atoms with Gasteiger partial charge in [-0.25, -0.2) is 0 Å². The molecule has 5 atom stereocenters. The fourth-order valence-electron chi connectivity index (χ4n) is 9.59. The highest BCUT2D eigenvalue weighted by molar-refractivity contribution is 6.13. The Hall–Kier alpha value is -2.71. The van der Waals surface area contributed by atoms with Crippen LogP contribution in [0.5, 0.6) is 11.5 Å². The average Bonchev–Trinajstić information content (AvgIpc) is 3.63. The van der Waals surface area contributed by atoms with Crippen molar-refractivity contribution < 1.29 is 29.0 Å². The van der Waals surface area contributed by atoms with Crippen molar-refractivity contribution in [1.29, 1.82) is 0 Å². The van der Waals surface area contributed by atoms with Gasteiger partial charge in [0.1, 0.15) is 6.10 Å². The van der Waals surface area contributed by atoms with Crippen LogP contribution in [0, 0.1) is 11.8 Å². The number of benzene rings is 1. The van der Waals surface area contributed by atoms with Gasteiger partial charge in [-0.1, -0.05) is 31.4 Å². The van der Waals surface area contributed by atoms with Gasteiger partial charge in [0.05, 0.1) is 23.5 Å². The molecule has 2 bridgehead atoms. The number of imide groups is 1. The van der Waals surface area contributed by atoms with Gasteiger partial charge in [0, 0.05) is 30.6 Å². The van der Waals surface area contributed by atoms with Crippen LogP contribution in [-0.4, -0.2) is 69.6 Å². The van der Waals surface area contributed by atoms with Crippen molar-refractivity contribution in [2.75, 3.05) is 13.1 Å². The van der Waals surface area contributed by atoms with E-state index in [1.807, 2.05) is 6.07 Å². The molecule has 0 unspecified atom stereocenters. The highest BCUT2D eigenvalue weighted by Gasteiger charge is 2.74. The summed E-state index contributed by atoms with van der Waals surface area (Å²) in [6.07, 6.45) is 12.3. The molecule has 3 saturated carbocycles. The Morgan fingerprint density at radius 2 is 1.93 bits per heavy atom. The number of carbonyl (C=O) groups excluding carboxylic acids is 3. The predicted molar refractivity (Wildman–Crippen MR) is 149 cm³/mol. The summed E-state index contributed by atoms with van der Waals surface area (Å²) in [5.41, 5.74) is 0.855. The number of amides is 2. The fraction of sp³-hybridized carbons (Fsp3) is 0.667. The lowest BCUT2D eigenvalue weighted by molar-refractivity contribution is -0.201. The van der Waals surface area contributed by atoms with Crippen LogP contribution < -0.4 is 9.47 Å². The Balaban J connectivity index is 1.20. The molecule has 7 aliphatic rings. The van der Waals surface area contributed by atoms with Crippen molar-refractivity contribution >= 4 is 17.8 Å². The zero-order chi connectivity index (χ0) is 28.1. The maximum absolute atomic E-state index is 13.9. The van der Waals surface area contributed by atoms with Gasteiger partial charge in [0.25, 0.3) is 5.91 Å². The molecule has 3 heterocycles. The lowest BCUT2D eigenvalue weighted by atomic mass is 9.48. The van der Waals surface area contributed by atoms with Crippen molar-refractivity contribution in [3.63, 3.8) is 0 Å². The molecule has 41 heavy (non-hydrogen) atoms. The molecule has 218 valence electrons. The molecule has 1 N–H and O–H groups in total. The third kappa shape index (κ3) is 3.68. The van der Waals surface area contributed by atoms with E-state index in [9.17, 15) is 19.5 Å². The van der Waals surface area contributed by atoms with Gasteiger partial charge in [0.15, 0.2) is 11.5 Å². The first-order valence-corrected chi connectivity index (χ1v) is 15.8. The van der Waals surface area contributed by atoms with Crippen molar-refractivity contribution in [2.24, 2.45) is 11.8 Å². The monoisotopic (exact) mass is 560 g/mol. The molecule has 1 spiro atoms. The van der Waals surface area contributed by atoms with Crippen LogP contribution in [0.2, 0.25) is 0 Å². The molecule has 8 heteroatoms. The summed E-state index contributed by atoms with van der Waals surface area (Å²) < 4.78 is 12.4. The molecule has 0 radical (unpaired) electrons. The Morgan fingerprint density at radius 3 is 2.68 bits per heavy atom. The number of ether oxygens (including phenoxy) is 2. The summed E-state index contributed by atoms with van der Waals surface area (Å²) in [7, 11) is 0. The Labute approximate surface area is 241 Å². The smallest absolute Gasteiger partial charge is 0.308 e. The molecule has 1 aromatic rings. The average molecular weight is 561 g/mol. The number of esters is 1. The number of rotatable bonds is 5. The second-order valence-electron chi connectivity index (χ2n) is 13.8. The number of hydrogen-bond acceptors (Lipinski definition) is 7. The van der Waals surface area contributed by atoms with E-state index in [0.29, 0.717) is 54.6 Å². The molecule has 8 rings (SSSR count). The first-order valence-electron chi connectivity index (χ1n) is 15.8. The van der Waals surface area contributed by atoms with Crippen LogP contribution >= 0.6 is 0 Å². The molecule has 1 aromatic carbocycles. The number of hydrogen-bond donors (Lipinski definition) is 1. The molecule has 4 aliphatic carbocycles. The van der Waals surface area contributed by atoms with E-state index in [-0.39, 0.29) is 24.3 Å². The minimum atomic E-state index is -1.05. The first kappa shape index (κ1) is 26.0. The van der Waals surface area contributed by atoms with Crippen LogP contribution in [0.25, 0.3) is 0 Å². The number of likely N-dealkylation sites (tertiary alicyclic amines) is 2. The molecule has 5 fully saturated rings. The van der Waals surface area contributed by atoms with Gasteiger partial charge in [-0.3, -0.25) is 24.2 Å². The van der Waals surface area contributed by atoms with E-state index in [2.05, 4.69) is 11.0 Å². The maximum atomic E-state index is 13.9. The maximum Gasteiger partial charge on any atom is 0.308 e. The lowest BCUT2D eigenvalue weighted by Crippen LogP contribution is -2.78. The normalized spacial score (nSPS) is 37.4. The minimum absolute atomic E-state index is 0.0475. The van der Waals surface area contributed by atoms with E-state index in [1.54, 1.807) is 6.07 Å². The van der Waals surface area contributed by atoms with E-state index in [4.69, 9.17) is 9.47 Å². The van der Waals surface area contributed by atoms with E-state index >= 15 is 0 Å². The third-order valence-electron chi connectivity index (χ3n) is 11.5. The molecular formula is C33H40N2O6. The Morgan fingerprint density at radius 1 is 1.12 bits per heavy atom.